The largest absolute Gasteiger partial charge is 0.444 e. The van der Waals surface area contributed by atoms with E-state index in [0.717, 1.165) is 19.1 Å². The second-order valence-electron chi connectivity index (χ2n) is 4.87. The molecule has 0 aromatic carbocycles. The van der Waals surface area contributed by atoms with E-state index in [-0.39, 0.29) is 6.04 Å². The molecule has 0 bridgehead atoms. The van der Waals surface area contributed by atoms with Crippen molar-refractivity contribution in [2.24, 2.45) is 0 Å². The van der Waals surface area contributed by atoms with Crippen molar-refractivity contribution in [3.63, 3.8) is 0 Å². The zero-order chi connectivity index (χ0) is 12.2. The van der Waals surface area contributed by atoms with Gasteiger partial charge in [0.1, 0.15) is 11.7 Å². The smallest absolute Gasteiger partial charge is 0.407 e. The van der Waals surface area contributed by atoms with Crippen LogP contribution < -0.4 is 5.32 Å². The summed E-state index contributed by atoms with van der Waals surface area (Å²) in [5.74, 6) is 0. The van der Waals surface area contributed by atoms with Gasteiger partial charge in [0.15, 0.2) is 6.29 Å². The lowest BCUT2D eigenvalue weighted by molar-refractivity contribution is -0.122. The molecule has 1 fully saturated rings. The molecule has 1 aliphatic rings. The number of amides is 1. The first kappa shape index (κ1) is 13.0. The zero-order valence-electron chi connectivity index (χ0n) is 9.99. The average molecular weight is 229 g/mol. The van der Waals surface area contributed by atoms with E-state index >= 15 is 0 Å². The second-order valence-corrected chi connectivity index (χ2v) is 4.87. The summed E-state index contributed by atoms with van der Waals surface area (Å²) < 4.78 is 10.3. The highest BCUT2D eigenvalue weighted by Crippen LogP contribution is 2.14. The summed E-state index contributed by atoms with van der Waals surface area (Å²) in [7, 11) is 0. The Hall–Kier alpha value is -1.10. The standard InChI is InChI=1S/C11H19NO4/c1-11(2,3)16-10(14)12-8-5-4-6-15-9(8)7-13/h7-9H,4-6H2,1-3H3,(H,12,14)/t8-,9+/m0/s1. The van der Waals surface area contributed by atoms with Gasteiger partial charge >= 0.3 is 6.09 Å². The van der Waals surface area contributed by atoms with E-state index in [4.69, 9.17) is 9.47 Å². The number of hydrogen-bond acceptors (Lipinski definition) is 4. The molecule has 0 spiro atoms. The van der Waals surface area contributed by atoms with Crippen LogP contribution in [0.5, 0.6) is 0 Å². The van der Waals surface area contributed by atoms with E-state index < -0.39 is 17.8 Å². The molecular weight excluding hydrogens is 210 g/mol. The Morgan fingerprint density at radius 3 is 2.75 bits per heavy atom. The van der Waals surface area contributed by atoms with Gasteiger partial charge in [-0.15, -0.1) is 0 Å². The van der Waals surface area contributed by atoms with Crippen molar-refractivity contribution in [1.82, 2.24) is 5.32 Å². The highest BCUT2D eigenvalue weighted by Gasteiger charge is 2.28. The van der Waals surface area contributed by atoms with E-state index in [0.29, 0.717) is 6.61 Å². The normalized spacial score (nSPS) is 25.9. The van der Waals surface area contributed by atoms with E-state index in [1.807, 2.05) is 0 Å². The van der Waals surface area contributed by atoms with Gasteiger partial charge in [-0.05, 0) is 33.6 Å². The van der Waals surface area contributed by atoms with Crippen molar-refractivity contribution < 1.29 is 19.1 Å². The van der Waals surface area contributed by atoms with E-state index in [1.165, 1.54) is 0 Å². The second kappa shape index (κ2) is 5.30. The number of alkyl carbamates (subject to hydrolysis) is 1. The van der Waals surface area contributed by atoms with E-state index in [1.54, 1.807) is 20.8 Å². The van der Waals surface area contributed by atoms with Gasteiger partial charge in [0.2, 0.25) is 0 Å². The summed E-state index contributed by atoms with van der Waals surface area (Å²) in [4.78, 5) is 22.2. The monoisotopic (exact) mass is 229 g/mol. The van der Waals surface area contributed by atoms with Crippen LogP contribution in [0.2, 0.25) is 0 Å². The van der Waals surface area contributed by atoms with Crippen LogP contribution in [0.25, 0.3) is 0 Å². The van der Waals surface area contributed by atoms with Gasteiger partial charge < -0.3 is 19.6 Å². The number of nitrogens with one attached hydrogen (secondary N) is 1. The number of carbonyl (C=O) groups excluding carboxylic acids is 2. The molecule has 2 atom stereocenters. The Morgan fingerprint density at radius 1 is 1.50 bits per heavy atom. The predicted octanol–water partition coefficient (Wildman–Crippen LogP) is 1.26. The van der Waals surface area contributed by atoms with Crippen LogP contribution in [0, 0.1) is 0 Å². The minimum atomic E-state index is -0.554. The topological polar surface area (TPSA) is 64.6 Å². The van der Waals surface area contributed by atoms with Crippen LogP contribution in [0.15, 0.2) is 0 Å². The van der Waals surface area contributed by atoms with Crippen molar-refractivity contribution in [3.05, 3.63) is 0 Å². The molecule has 0 aliphatic carbocycles. The van der Waals surface area contributed by atoms with E-state index in [9.17, 15) is 9.59 Å². The third kappa shape index (κ3) is 4.18. The summed E-state index contributed by atoms with van der Waals surface area (Å²) in [6.45, 7) is 5.94. The molecular formula is C11H19NO4. The first-order chi connectivity index (χ1) is 7.42. The Bertz CT molecular complexity index is 259. The SMILES string of the molecule is CC(C)(C)OC(=O)N[C@H]1CCCO[C@@H]1C=O. The minimum absolute atomic E-state index is 0.277. The molecule has 1 heterocycles. The third-order valence-corrected chi connectivity index (χ3v) is 2.20. The number of rotatable bonds is 2. The maximum absolute atomic E-state index is 11.5. The quantitative estimate of drug-likeness (QED) is 0.724. The van der Waals surface area contributed by atoms with Crippen molar-refractivity contribution in [3.8, 4) is 0 Å². The molecule has 5 heteroatoms. The minimum Gasteiger partial charge on any atom is -0.444 e. The van der Waals surface area contributed by atoms with Crippen molar-refractivity contribution >= 4 is 12.4 Å². The first-order valence-electron chi connectivity index (χ1n) is 5.49. The lowest BCUT2D eigenvalue weighted by atomic mass is 10.0. The maximum Gasteiger partial charge on any atom is 0.407 e. The Morgan fingerprint density at radius 2 is 2.19 bits per heavy atom. The number of carbonyl (C=O) groups is 2. The maximum atomic E-state index is 11.5. The Kier molecular flexibility index (Phi) is 4.29. The molecule has 0 saturated carbocycles. The Balaban J connectivity index is 2.45. The molecule has 0 unspecified atom stereocenters. The van der Waals surface area contributed by atoms with Gasteiger partial charge in [0, 0.05) is 6.61 Å². The van der Waals surface area contributed by atoms with Gasteiger partial charge in [-0.1, -0.05) is 0 Å². The molecule has 1 rings (SSSR count). The van der Waals surface area contributed by atoms with Gasteiger partial charge in [0.25, 0.3) is 0 Å². The Labute approximate surface area is 95.5 Å². The van der Waals surface area contributed by atoms with Crippen LogP contribution in [-0.4, -0.2) is 36.7 Å². The zero-order valence-corrected chi connectivity index (χ0v) is 9.99. The summed E-state index contributed by atoms with van der Waals surface area (Å²) in [5, 5.41) is 2.66. The van der Waals surface area contributed by atoms with Crippen LogP contribution in [0.4, 0.5) is 4.79 Å². The van der Waals surface area contributed by atoms with Crippen LogP contribution in [-0.2, 0) is 14.3 Å². The summed E-state index contributed by atoms with van der Waals surface area (Å²) in [5.41, 5.74) is -0.531. The molecule has 1 saturated heterocycles. The average Bonchev–Trinajstić information content (AvgIpc) is 2.15. The van der Waals surface area contributed by atoms with Gasteiger partial charge in [-0.3, -0.25) is 0 Å². The van der Waals surface area contributed by atoms with Crippen LogP contribution >= 0.6 is 0 Å². The molecule has 92 valence electrons. The lowest BCUT2D eigenvalue weighted by Gasteiger charge is -2.29. The fraction of sp³-hybridized carbons (Fsp3) is 0.818. The molecule has 16 heavy (non-hydrogen) atoms. The number of aldehydes is 1. The molecule has 1 N–H and O–H groups in total. The molecule has 5 nitrogen and oxygen atoms in total. The van der Waals surface area contributed by atoms with Gasteiger partial charge in [-0.2, -0.15) is 0 Å². The molecule has 0 radical (unpaired) electrons. The molecule has 1 amide bonds. The number of hydrogen-bond donors (Lipinski definition) is 1. The summed E-state index contributed by atoms with van der Waals surface area (Å²) >= 11 is 0. The van der Waals surface area contributed by atoms with Gasteiger partial charge in [-0.25, -0.2) is 4.79 Å². The van der Waals surface area contributed by atoms with E-state index in [2.05, 4.69) is 5.32 Å². The molecule has 1 aliphatic heterocycles. The van der Waals surface area contributed by atoms with Crippen LogP contribution in [0.1, 0.15) is 33.6 Å². The highest BCUT2D eigenvalue weighted by molar-refractivity contribution is 5.69. The first-order valence-corrected chi connectivity index (χ1v) is 5.49. The van der Waals surface area contributed by atoms with Gasteiger partial charge in [0.05, 0.1) is 6.04 Å². The third-order valence-electron chi connectivity index (χ3n) is 2.20. The van der Waals surface area contributed by atoms with Crippen LogP contribution in [0.3, 0.4) is 0 Å². The predicted molar refractivity (Wildman–Crippen MR) is 58.2 cm³/mol. The van der Waals surface area contributed by atoms with Crippen molar-refractivity contribution in [2.75, 3.05) is 6.61 Å². The fourth-order valence-electron chi connectivity index (χ4n) is 1.55. The number of ether oxygens (including phenoxy) is 2. The van der Waals surface area contributed by atoms with Crippen molar-refractivity contribution in [2.45, 2.75) is 51.4 Å². The van der Waals surface area contributed by atoms with Crippen molar-refractivity contribution in [1.29, 1.82) is 0 Å². The fourth-order valence-corrected chi connectivity index (χ4v) is 1.55. The lowest BCUT2D eigenvalue weighted by Crippen LogP contribution is -2.49. The molecule has 0 aromatic heterocycles. The molecule has 0 aromatic rings. The summed E-state index contributed by atoms with van der Waals surface area (Å²) in [6, 6.07) is -0.277. The summed E-state index contributed by atoms with van der Waals surface area (Å²) in [6.07, 6.45) is 1.24. The highest BCUT2D eigenvalue weighted by atomic mass is 16.6.